The molecule has 8 heteroatoms. The summed E-state index contributed by atoms with van der Waals surface area (Å²) in [5.74, 6) is 1.26. The number of nitrogens with one attached hydrogen (secondary N) is 2. The minimum Gasteiger partial charge on any atom is -0.493 e. The van der Waals surface area contributed by atoms with E-state index in [4.69, 9.17) is 9.47 Å². The summed E-state index contributed by atoms with van der Waals surface area (Å²) in [6.45, 7) is 2.25. The molecule has 1 saturated heterocycles. The Kier molecular flexibility index (Phi) is 6.73. The van der Waals surface area contributed by atoms with Crippen molar-refractivity contribution in [2.24, 2.45) is 5.92 Å². The summed E-state index contributed by atoms with van der Waals surface area (Å²) >= 11 is 0. The van der Waals surface area contributed by atoms with Crippen LogP contribution in [0.4, 0.5) is 0 Å². The zero-order chi connectivity index (χ0) is 14.6. The molecule has 2 rings (SSSR count). The van der Waals surface area contributed by atoms with E-state index in [0.29, 0.717) is 24.0 Å². The zero-order valence-corrected chi connectivity index (χ0v) is 13.7. The summed E-state index contributed by atoms with van der Waals surface area (Å²) in [5, 5.41) is 3.21. The first-order valence-electron chi connectivity index (χ1n) is 6.49. The molecule has 0 aromatic heterocycles. The highest BCUT2D eigenvalue weighted by Gasteiger charge is 2.20. The van der Waals surface area contributed by atoms with E-state index in [-0.39, 0.29) is 17.3 Å². The molecular formula is C13H21ClN2O4S. The maximum atomic E-state index is 12.2. The highest BCUT2D eigenvalue weighted by Crippen LogP contribution is 2.29. The molecule has 1 heterocycles. The SMILES string of the molecule is COc1ccc(S(=O)(=O)NCC2CCNC2)cc1OC.Cl. The first-order chi connectivity index (χ1) is 9.56. The first-order valence-corrected chi connectivity index (χ1v) is 7.97. The van der Waals surface area contributed by atoms with Crippen LogP contribution in [0.25, 0.3) is 0 Å². The molecule has 1 unspecified atom stereocenters. The standard InChI is InChI=1S/C13H20N2O4S.ClH/c1-18-12-4-3-11(7-13(12)19-2)20(16,17)15-9-10-5-6-14-8-10;/h3-4,7,10,14-15H,5-6,8-9H2,1-2H3;1H. The van der Waals surface area contributed by atoms with Crippen LogP contribution < -0.4 is 19.5 Å². The van der Waals surface area contributed by atoms with E-state index in [2.05, 4.69) is 10.0 Å². The van der Waals surface area contributed by atoms with Crippen LogP contribution in [-0.4, -0.2) is 42.3 Å². The van der Waals surface area contributed by atoms with Gasteiger partial charge in [0.05, 0.1) is 19.1 Å². The molecule has 21 heavy (non-hydrogen) atoms. The minimum atomic E-state index is -3.52. The van der Waals surface area contributed by atoms with Gasteiger partial charge >= 0.3 is 0 Å². The van der Waals surface area contributed by atoms with Gasteiger partial charge in [0.25, 0.3) is 0 Å². The lowest BCUT2D eigenvalue weighted by molar-refractivity contribution is 0.354. The molecule has 2 N–H and O–H groups in total. The number of sulfonamides is 1. The summed E-state index contributed by atoms with van der Waals surface area (Å²) in [7, 11) is -0.529. The highest BCUT2D eigenvalue weighted by atomic mass is 35.5. The van der Waals surface area contributed by atoms with Crippen molar-refractivity contribution in [2.45, 2.75) is 11.3 Å². The molecule has 0 amide bonds. The van der Waals surface area contributed by atoms with Crippen molar-refractivity contribution in [3.8, 4) is 11.5 Å². The predicted octanol–water partition coefficient (Wildman–Crippen LogP) is 1.01. The summed E-state index contributed by atoms with van der Waals surface area (Å²) in [4.78, 5) is 0.182. The third-order valence-corrected chi connectivity index (χ3v) is 4.81. The second-order valence-electron chi connectivity index (χ2n) is 4.73. The van der Waals surface area contributed by atoms with Gasteiger partial charge in [-0.05, 0) is 37.6 Å². The topological polar surface area (TPSA) is 76.7 Å². The van der Waals surface area contributed by atoms with E-state index in [1.807, 2.05) is 0 Å². The normalized spacial score (nSPS) is 18.1. The smallest absolute Gasteiger partial charge is 0.240 e. The van der Waals surface area contributed by atoms with Crippen LogP contribution in [-0.2, 0) is 10.0 Å². The minimum absolute atomic E-state index is 0. The van der Waals surface area contributed by atoms with Gasteiger partial charge in [-0.25, -0.2) is 13.1 Å². The largest absolute Gasteiger partial charge is 0.493 e. The van der Waals surface area contributed by atoms with Gasteiger partial charge in [-0.3, -0.25) is 0 Å². The third kappa shape index (κ3) is 4.47. The van der Waals surface area contributed by atoms with Gasteiger partial charge in [-0.15, -0.1) is 12.4 Å². The van der Waals surface area contributed by atoms with Crippen LogP contribution in [0.2, 0.25) is 0 Å². The molecule has 1 aliphatic heterocycles. The zero-order valence-electron chi connectivity index (χ0n) is 12.1. The van der Waals surface area contributed by atoms with Crippen LogP contribution in [0.3, 0.4) is 0 Å². The van der Waals surface area contributed by atoms with Crippen LogP contribution in [0, 0.1) is 5.92 Å². The van der Waals surface area contributed by atoms with Gasteiger partial charge in [0.15, 0.2) is 11.5 Å². The van der Waals surface area contributed by atoms with E-state index in [1.54, 1.807) is 6.07 Å². The molecular weight excluding hydrogens is 316 g/mol. The summed E-state index contributed by atoms with van der Waals surface area (Å²) in [5.41, 5.74) is 0. The third-order valence-electron chi connectivity index (χ3n) is 3.39. The van der Waals surface area contributed by atoms with E-state index >= 15 is 0 Å². The van der Waals surface area contributed by atoms with Crippen molar-refractivity contribution in [3.63, 3.8) is 0 Å². The molecule has 0 saturated carbocycles. The second kappa shape index (κ2) is 7.84. The molecule has 1 atom stereocenters. The lowest BCUT2D eigenvalue weighted by Crippen LogP contribution is -2.30. The number of halogens is 1. The lowest BCUT2D eigenvalue weighted by Gasteiger charge is -2.13. The van der Waals surface area contributed by atoms with Crippen molar-refractivity contribution in [3.05, 3.63) is 18.2 Å². The molecule has 0 spiro atoms. The van der Waals surface area contributed by atoms with Gasteiger partial charge in [-0.2, -0.15) is 0 Å². The Morgan fingerprint density at radius 3 is 2.57 bits per heavy atom. The molecule has 0 radical (unpaired) electrons. The molecule has 6 nitrogen and oxygen atoms in total. The van der Waals surface area contributed by atoms with Crippen molar-refractivity contribution in [1.29, 1.82) is 0 Å². The quantitative estimate of drug-likeness (QED) is 0.811. The highest BCUT2D eigenvalue weighted by molar-refractivity contribution is 7.89. The summed E-state index contributed by atoms with van der Waals surface area (Å²) in [6, 6.07) is 4.56. The monoisotopic (exact) mass is 336 g/mol. The van der Waals surface area contributed by atoms with Gasteiger partial charge in [0, 0.05) is 12.6 Å². The number of benzene rings is 1. The molecule has 1 fully saturated rings. The Labute approximate surface area is 131 Å². The Morgan fingerprint density at radius 1 is 1.29 bits per heavy atom. The molecule has 0 bridgehead atoms. The summed E-state index contributed by atoms with van der Waals surface area (Å²) < 4.78 is 37.3. The van der Waals surface area contributed by atoms with E-state index in [0.717, 1.165) is 19.5 Å². The fourth-order valence-electron chi connectivity index (χ4n) is 2.18. The average molecular weight is 337 g/mol. The molecule has 1 aliphatic rings. The van der Waals surface area contributed by atoms with Crippen LogP contribution in [0.15, 0.2) is 23.1 Å². The van der Waals surface area contributed by atoms with Gasteiger partial charge in [0.2, 0.25) is 10.0 Å². The first kappa shape index (κ1) is 18.0. The molecule has 1 aromatic rings. The number of hydrogen-bond acceptors (Lipinski definition) is 5. The van der Waals surface area contributed by atoms with Crippen LogP contribution >= 0.6 is 12.4 Å². The van der Waals surface area contributed by atoms with Gasteiger partial charge in [0.1, 0.15) is 0 Å². The van der Waals surface area contributed by atoms with Crippen molar-refractivity contribution < 1.29 is 17.9 Å². The average Bonchev–Trinajstić information content (AvgIpc) is 2.97. The van der Waals surface area contributed by atoms with Crippen LogP contribution in [0.5, 0.6) is 11.5 Å². The van der Waals surface area contributed by atoms with Gasteiger partial charge in [-0.1, -0.05) is 0 Å². The Morgan fingerprint density at radius 2 is 2.00 bits per heavy atom. The molecule has 120 valence electrons. The van der Waals surface area contributed by atoms with E-state index < -0.39 is 10.0 Å². The second-order valence-corrected chi connectivity index (χ2v) is 6.49. The predicted molar refractivity (Wildman–Crippen MR) is 83.0 cm³/mol. The van der Waals surface area contributed by atoms with E-state index in [9.17, 15) is 8.42 Å². The van der Waals surface area contributed by atoms with E-state index in [1.165, 1.54) is 26.4 Å². The van der Waals surface area contributed by atoms with Crippen molar-refractivity contribution >= 4 is 22.4 Å². The van der Waals surface area contributed by atoms with Crippen molar-refractivity contribution in [1.82, 2.24) is 10.0 Å². The number of ether oxygens (including phenoxy) is 2. The Balaban J connectivity index is 0.00000220. The fraction of sp³-hybridized carbons (Fsp3) is 0.538. The number of hydrogen-bond donors (Lipinski definition) is 2. The maximum absolute atomic E-state index is 12.2. The van der Waals surface area contributed by atoms with Crippen molar-refractivity contribution in [2.75, 3.05) is 33.9 Å². The fourth-order valence-corrected chi connectivity index (χ4v) is 3.31. The lowest BCUT2D eigenvalue weighted by atomic mass is 10.1. The summed E-state index contributed by atoms with van der Waals surface area (Å²) in [6.07, 6.45) is 0.994. The Hall–Kier alpha value is -1.02. The Bertz CT molecular complexity index is 559. The van der Waals surface area contributed by atoms with Crippen LogP contribution in [0.1, 0.15) is 6.42 Å². The maximum Gasteiger partial charge on any atom is 0.240 e. The number of rotatable bonds is 6. The van der Waals surface area contributed by atoms with Gasteiger partial charge < -0.3 is 14.8 Å². The number of methoxy groups -OCH3 is 2. The molecule has 1 aromatic carbocycles. The molecule has 0 aliphatic carbocycles.